The number of Topliss-reactive ketones (excluding diaryl/α,β-unsaturated/α-hetero) is 1. The second-order valence-corrected chi connectivity index (χ2v) is 12.5. The average Bonchev–Trinajstić information content (AvgIpc) is 3.23. The number of aryl methyl sites for hydroxylation is 1. The van der Waals surface area contributed by atoms with E-state index in [1.165, 1.54) is 32.1 Å². The van der Waals surface area contributed by atoms with Crippen LogP contribution in [0.15, 0.2) is 12.1 Å². The van der Waals surface area contributed by atoms with Crippen LogP contribution in [0.5, 0.6) is 11.5 Å². The van der Waals surface area contributed by atoms with Gasteiger partial charge in [-0.1, -0.05) is 34.1 Å². The fourth-order valence-corrected chi connectivity index (χ4v) is 9.52. The van der Waals surface area contributed by atoms with Crippen LogP contribution in [0.25, 0.3) is 0 Å². The van der Waals surface area contributed by atoms with Crippen LogP contribution in [0.3, 0.4) is 0 Å². The Labute approximate surface area is 217 Å². The van der Waals surface area contributed by atoms with Gasteiger partial charge in [0.05, 0.1) is 14.2 Å². The zero-order chi connectivity index (χ0) is 25.8. The van der Waals surface area contributed by atoms with E-state index >= 15 is 0 Å². The lowest BCUT2D eigenvalue weighted by atomic mass is 9.44. The first-order valence-electron chi connectivity index (χ1n) is 14.3. The minimum absolute atomic E-state index is 0.00458. The molecule has 198 valence electrons. The first-order valence-corrected chi connectivity index (χ1v) is 14.3. The number of carbonyl (C=O) groups is 2. The molecule has 3 saturated carbocycles. The zero-order valence-corrected chi connectivity index (χ0v) is 23.1. The van der Waals surface area contributed by atoms with Crippen molar-refractivity contribution >= 4 is 11.7 Å². The predicted molar refractivity (Wildman–Crippen MR) is 141 cm³/mol. The lowest BCUT2D eigenvalue weighted by Crippen LogP contribution is -2.65. The standard InChI is InChI=1S/C31H45NO4/c1-7-18-15-24(35-5)28(25(16-18)36-6)29(34)23-17-27(33)32-26-12-10-20-21-11-9-19(8-2)30(21,3)14-13-22(20)31(23,26)4/h15-16,19-23,26H,7-14,17H2,1-6H3,(H,32,33)/t19-,20-,21-,22-,23?,26+,30+,31-/m0/s1. The molecule has 1 aliphatic heterocycles. The van der Waals surface area contributed by atoms with Crippen LogP contribution in [-0.2, 0) is 11.2 Å². The molecule has 1 N–H and O–H groups in total. The van der Waals surface area contributed by atoms with Crippen molar-refractivity contribution in [1.82, 2.24) is 5.32 Å². The van der Waals surface area contributed by atoms with Gasteiger partial charge in [0.2, 0.25) is 5.91 Å². The number of benzene rings is 1. The number of nitrogens with one attached hydrogen (secondary N) is 1. The average molecular weight is 496 g/mol. The summed E-state index contributed by atoms with van der Waals surface area (Å²) in [5, 5.41) is 3.34. The third-order valence-corrected chi connectivity index (χ3v) is 11.5. The van der Waals surface area contributed by atoms with Crippen LogP contribution in [0.1, 0.15) is 95.0 Å². The molecule has 1 unspecified atom stereocenters. The highest BCUT2D eigenvalue weighted by molar-refractivity contribution is 6.05. The lowest BCUT2D eigenvalue weighted by molar-refractivity contribution is -0.143. The molecule has 0 spiro atoms. The first-order chi connectivity index (χ1) is 17.2. The fourth-order valence-electron chi connectivity index (χ4n) is 9.52. The van der Waals surface area contributed by atoms with E-state index in [0.29, 0.717) is 34.3 Å². The lowest BCUT2D eigenvalue weighted by Gasteiger charge is -2.62. The Morgan fingerprint density at radius 3 is 2.31 bits per heavy atom. The molecule has 0 aromatic heterocycles. The maximum Gasteiger partial charge on any atom is 0.220 e. The van der Waals surface area contributed by atoms with Crippen molar-refractivity contribution in [3.63, 3.8) is 0 Å². The van der Waals surface area contributed by atoms with Crippen molar-refractivity contribution in [2.24, 2.45) is 40.4 Å². The molecule has 5 rings (SSSR count). The van der Waals surface area contributed by atoms with E-state index in [1.807, 2.05) is 12.1 Å². The van der Waals surface area contributed by atoms with Crippen LogP contribution >= 0.6 is 0 Å². The van der Waals surface area contributed by atoms with Crippen LogP contribution in [0.2, 0.25) is 0 Å². The predicted octanol–water partition coefficient (Wildman–Crippen LogP) is 6.22. The van der Waals surface area contributed by atoms with Gasteiger partial charge in [0.25, 0.3) is 0 Å². The quantitative estimate of drug-likeness (QED) is 0.476. The highest BCUT2D eigenvalue weighted by atomic mass is 16.5. The van der Waals surface area contributed by atoms with Crippen molar-refractivity contribution in [3.05, 3.63) is 23.3 Å². The van der Waals surface area contributed by atoms with Gasteiger partial charge in [0.15, 0.2) is 5.78 Å². The highest BCUT2D eigenvalue weighted by Gasteiger charge is 2.63. The Morgan fingerprint density at radius 1 is 1.00 bits per heavy atom. The maximum atomic E-state index is 14.5. The van der Waals surface area contributed by atoms with E-state index in [2.05, 4.69) is 33.0 Å². The van der Waals surface area contributed by atoms with Gasteiger partial charge >= 0.3 is 0 Å². The molecule has 1 aromatic carbocycles. The molecule has 1 amide bonds. The first kappa shape index (κ1) is 25.6. The van der Waals surface area contributed by atoms with Crippen molar-refractivity contribution in [2.75, 3.05) is 14.2 Å². The number of carbonyl (C=O) groups excluding carboxylic acids is 2. The number of hydrogen-bond donors (Lipinski definition) is 1. The van der Waals surface area contributed by atoms with Gasteiger partial charge in [-0.2, -0.15) is 0 Å². The van der Waals surface area contributed by atoms with E-state index in [1.54, 1.807) is 14.2 Å². The number of fused-ring (bicyclic) bond motifs is 5. The van der Waals surface area contributed by atoms with E-state index < -0.39 is 0 Å². The summed E-state index contributed by atoms with van der Waals surface area (Å²) in [6, 6.07) is 3.96. The number of ketones is 1. The van der Waals surface area contributed by atoms with Gasteiger partial charge in [-0.25, -0.2) is 0 Å². The molecule has 0 bridgehead atoms. The summed E-state index contributed by atoms with van der Waals surface area (Å²) < 4.78 is 11.5. The molecule has 0 radical (unpaired) electrons. The molecule has 5 nitrogen and oxygen atoms in total. The molecule has 36 heavy (non-hydrogen) atoms. The molecule has 5 heteroatoms. The summed E-state index contributed by atoms with van der Waals surface area (Å²) in [7, 11) is 3.23. The summed E-state index contributed by atoms with van der Waals surface area (Å²) in [5.41, 5.74) is 1.74. The van der Waals surface area contributed by atoms with Gasteiger partial charge in [0, 0.05) is 23.8 Å². The number of methoxy groups -OCH3 is 2. The molecule has 1 aromatic rings. The number of ether oxygens (including phenoxy) is 2. The normalized spacial score (nSPS) is 39.4. The Balaban J connectivity index is 1.56. The molecule has 4 aliphatic rings. The zero-order valence-electron chi connectivity index (χ0n) is 23.1. The maximum absolute atomic E-state index is 14.5. The van der Waals surface area contributed by atoms with Crippen LogP contribution in [0.4, 0.5) is 0 Å². The van der Waals surface area contributed by atoms with Gasteiger partial charge in [-0.05, 0) is 91.7 Å². The molecule has 1 heterocycles. The summed E-state index contributed by atoms with van der Waals surface area (Å²) in [4.78, 5) is 27.5. The highest BCUT2D eigenvalue weighted by Crippen LogP contribution is 2.67. The third-order valence-electron chi connectivity index (χ3n) is 11.5. The molecule has 1 saturated heterocycles. The molecule has 3 aliphatic carbocycles. The van der Waals surface area contributed by atoms with Gasteiger partial charge in [0.1, 0.15) is 17.1 Å². The van der Waals surface area contributed by atoms with Crippen molar-refractivity contribution < 1.29 is 19.1 Å². The Hall–Kier alpha value is -2.04. The number of hydrogen-bond acceptors (Lipinski definition) is 4. The van der Waals surface area contributed by atoms with Gasteiger partial charge < -0.3 is 14.8 Å². The van der Waals surface area contributed by atoms with Gasteiger partial charge in [-0.15, -0.1) is 0 Å². The topological polar surface area (TPSA) is 64.6 Å². The van der Waals surface area contributed by atoms with Crippen LogP contribution < -0.4 is 14.8 Å². The number of piperidine rings is 1. The molecular weight excluding hydrogens is 450 g/mol. The van der Waals surface area contributed by atoms with E-state index in [4.69, 9.17) is 9.47 Å². The second-order valence-electron chi connectivity index (χ2n) is 12.5. The monoisotopic (exact) mass is 495 g/mol. The Bertz CT molecular complexity index is 1010. The van der Waals surface area contributed by atoms with Gasteiger partial charge in [-0.3, -0.25) is 9.59 Å². The van der Waals surface area contributed by atoms with Crippen molar-refractivity contribution in [1.29, 1.82) is 0 Å². The SMILES string of the molecule is CCc1cc(OC)c(C(=O)C2CC(=O)N[C@@H]3CC[C@H]4[C@@H]5CC[C@H](CC)[C@@]5(C)CC[C@@H]4[C@@]23C)c(OC)c1. The van der Waals surface area contributed by atoms with E-state index in [9.17, 15) is 9.59 Å². The van der Waals surface area contributed by atoms with Crippen LogP contribution in [0, 0.1) is 40.4 Å². The summed E-state index contributed by atoms with van der Waals surface area (Å²) in [5.74, 6) is 3.42. The van der Waals surface area contributed by atoms with E-state index in [0.717, 1.165) is 36.7 Å². The molecule has 8 atom stereocenters. The Kier molecular flexibility index (Phi) is 6.66. The Morgan fingerprint density at radius 2 is 1.69 bits per heavy atom. The van der Waals surface area contributed by atoms with Crippen LogP contribution in [-0.4, -0.2) is 32.0 Å². The molecular formula is C31H45NO4. The summed E-state index contributed by atoms with van der Waals surface area (Å²) in [6.45, 7) is 9.32. The summed E-state index contributed by atoms with van der Waals surface area (Å²) >= 11 is 0. The largest absolute Gasteiger partial charge is 0.496 e. The minimum Gasteiger partial charge on any atom is -0.496 e. The molecule has 4 fully saturated rings. The summed E-state index contributed by atoms with van der Waals surface area (Å²) in [6.07, 6.45) is 9.55. The number of rotatable bonds is 6. The van der Waals surface area contributed by atoms with Crippen molar-refractivity contribution in [2.45, 2.75) is 91.5 Å². The van der Waals surface area contributed by atoms with Crippen molar-refractivity contribution in [3.8, 4) is 11.5 Å². The number of amides is 1. The second kappa shape index (κ2) is 9.36. The minimum atomic E-state index is -0.368. The fraction of sp³-hybridized carbons (Fsp3) is 0.742. The third kappa shape index (κ3) is 3.62. The smallest absolute Gasteiger partial charge is 0.220 e. The van der Waals surface area contributed by atoms with E-state index in [-0.39, 0.29) is 35.5 Å².